The van der Waals surface area contributed by atoms with Crippen LogP contribution in [0.1, 0.15) is 43.6 Å². The number of amides is 3. The quantitative estimate of drug-likeness (QED) is 0.660. The zero-order valence-corrected chi connectivity index (χ0v) is 20.3. The number of hydrogen-bond acceptors (Lipinski definition) is 5. The fraction of sp³-hybridized carbons (Fsp3) is 0.519. The van der Waals surface area contributed by atoms with Gasteiger partial charge in [-0.25, -0.2) is 4.79 Å². The van der Waals surface area contributed by atoms with Crippen molar-refractivity contribution in [2.45, 2.75) is 44.1 Å². The lowest BCUT2D eigenvalue weighted by atomic mass is 9.93. The van der Waals surface area contributed by atoms with Crippen LogP contribution in [-0.4, -0.2) is 83.5 Å². The minimum absolute atomic E-state index is 0.0828. The van der Waals surface area contributed by atoms with E-state index in [2.05, 4.69) is 21.3 Å². The van der Waals surface area contributed by atoms with Crippen LogP contribution in [-0.2, 0) is 4.79 Å². The van der Waals surface area contributed by atoms with Crippen molar-refractivity contribution in [1.82, 2.24) is 19.7 Å². The smallest absolute Gasteiger partial charge is 0.321 e. The lowest BCUT2D eigenvalue weighted by molar-refractivity contribution is -0.133. The van der Waals surface area contributed by atoms with E-state index in [0.29, 0.717) is 25.4 Å². The van der Waals surface area contributed by atoms with Gasteiger partial charge in [-0.3, -0.25) is 9.78 Å². The minimum Gasteiger partial charge on any atom is -0.490 e. The van der Waals surface area contributed by atoms with E-state index < -0.39 is 0 Å². The van der Waals surface area contributed by atoms with E-state index in [1.54, 1.807) is 6.20 Å². The van der Waals surface area contributed by atoms with Crippen LogP contribution in [0.15, 0.2) is 48.8 Å². The minimum atomic E-state index is -0.0828. The van der Waals surface area contributed by atoms with Crippen molar-refractivity contribution in [1.29, 1.82) is 0 Å². The summed E-state index contributed by atoms with van der Waals surface area (Å²) in [5, 5.41) is 2.97. The molecule has 35 heavy (non-hydrogen) atoms. The summed E-state index contributed by atoms with van der Waals surface area (Å²) < 4.78 is 6.15. The second kappa shape index (κ2) is 11.1. The molecule has 0 saturated carbocycles. The van der Waals surface area contributed by atoms with Crippen LogP contribution >= 0.6 is 0 Å². The van der Waals surface area contributed by atoms with Gasteiger partial charge in [0, 0.05) is 76.0 Å². The van der Waals surface area contributed by atoms with Crippen molar-refractivity contribution in [3.63, 3.8) is 0 Å². The van der Waals surface area contributed by atoms with Gasteiger partial charge in [0.2, 0.25) is 5.91 Å². The monoisotopic (exact) mass is 477 g/mol. The Morgan fingerprint density at radius 3 is 2.40 bits per heavy atom. The summed E-state index contributed by atoms with van der Waals surface area (Å²) in [6, 6.07) is 11.5. The fourth-order valence-electron chi connectivity index (χ4n) is 5.13. The molecule has 1 N–H and O–H groups in total. The molecule has 3 aliphatic rings. The molecule has 1 aromatic carbocycles. The average Bonchev–Trinajstić information content (AvgIpc) is 3.38. The highest BCUT2D eigenvalue weighted by Crippen LogP contribution is 2.27. The fourth-order valence-corrected chi connectivity index (χ4v) is 5.13. The van der Waals surface area contributed by atoms with Crippen LogP contribution in [0.25, 0.3) is 0 Å². The number of nitrogens with one attached hydrogen (secondary N) is 1. The number of aromatic nitrogens is 1. The number of pyridine rings is 1. The molecule has 0 spiro atoms. The topological polar surface area (TPSA) is 78.0 Å². The van der Waals surface area contributed by atoms with Crippen molar-refractivity contribution in [2.24, 2.45) is 0 Å². The van der Waals surface area contributed by atoms with Crippen LogP contribution in [0.5, 0.6) is 5.75 Å². The van der Waals surface area contributed by atoms with Gasteiger partial charge in [-0.05, 0) is 61.8 Å². The molecule has 3 fully saturated rings. The first-order valence-electron chi connectivity index (χ1n) is 12.9. The van der Waals surface area contributed by atoms with Crippen LogP contribution in [0.4, 0.5) is 10.5 Å². The van der Waals surface area contributed by atoms with Gasteiger partial charge in [-0.1, -0.05) is 6.07 Å². The Morgan fingerprint density at radius 1 is 0.971 bits per heavy atom. The number of anilines is 1. The zero-order valence-electron chi connectivity index (χ0n) is 20.3. The highest BCUT2D eigenvalue weighted by atomic mass is 16.5. The molecule has 3 amide bonds. The summed E-state index contributed by atoms with van der Waals surface area (Å²) >= 11 is 0. The second-order valence-electron chi connectivity index (χ2n) is 9.84. The van der Waals surface area contributed by atoms with Gasteiger partial charge < -0.3 is 24.8 Å². The molecule has 1 aromatic heterocycles. The summed E-state index contributed by atoms with van der Waals surface area (Å²) in [6.45, 7) is 6.09. The van der Waals surface area contributed by atoms with Gasteiger partial charge in [0.15, 0.2) is 0 Å². The lowest BCUT2D eigenvalue weighted by Crippen LogP contribution is -2.50. The van der Waals surface area contributed by atoms with Crippen LogP contribution in [0.2, 0.25) is 0 Å². The first kappa shape index (κ1) is 23.6. The maximum atomic E-state index is 12.5. The number of piperidine rings is 1. The molecule has 8 nitrogen and oxygen atoms in total. The third-order valence-corrected chi connectivity index (χ3v) is 7.37. The largest absolute Gasteiger partial charge is 0.490 e. The highest BCUT2D eigenvalue weighted by Gasteiger charge is 2.32. The number of carbonyl (C=O) groups is 2. The molecule has 0 aliphatic carbocycles. The van der Waals surface area contributed by atoms with Gasteiger partial charge >= 0.3 is 6.03 Å². The first-order valence-corrected chi connectivity index (χ1v) is 12.9. The Labute approximate surface area is 207 Å². The Hall–Kier alpha value is -3.13. The predicted octanol–water partition coefficient (Wildman–Crippen LogP) is 3.57. The molecule has 0 bridgehead atoms. The standard InChI is InChI=1S/C27H35N5O3/c33-26(11-15-30-13-1-2-14-30)31-16-9-25(10-17-31)35-24-7-5-23(6-8-24)29-27(34)32-19-22(20-32)21-4-3-12-28-18-21/h3-8,12,18,22,25H,1-2,9-11,13-17,19-20H2,(H,29,34). The summed E-state index contributed by atoms with van der Waals surface area (Å²) in [5.74, 6) is 1.42. The summed E-state index contributed by atoms with van der Waals surface area (Å²) in [5.41, 5.74) is 1.93. The van der Waals surface area contributed by atoms with Crippen molar-refractivity contribution >= 4 is 17.6 Å². The molecule has 3 aliphatic heterocycles. The van der Waals surface area contributed by atoms with Crippen molar-refractivity contribution < 1.29 is 14.3 Å². The Morgan fingerprint density at radius 2 is 1.71 bits per heavy atom. The van der Waals surface area contributed by atoms with Gasteiger partial charge in [0.25, 0.3) is 0 Å². The molecule has 2 aromatic rings. The number of rotatable bonds is 7. The third kappa shape index (κ3) is 6.11. The molecule has 0 radical (unpaired) electrons. The summed E-state index contributed by atoms with van der Waals surface area (Å²) in [6.07, 6.45) is 8.59. The Balaban J connectivity index is 1.01. The molecule has 0 atom stereocenters. The summed E-state index contributed by atoms with van der Waals surface area (Å²) in [7, 11) is 0. The van der Waals surface area contributed by atoms with Crippen molar-refractivity contribution in [3.8, 4) is 5.75 Å². The summed E-state index contributed by atoms with van der Waals surface area (Å²) in [4.78, 5) is 35.4. The number of nitrogens with zero attached hydrogens (tertiary/aromatic N) is 4. The van der Waals surface area contributed by atoms with E-state index in [1.165, 1.54) is 18.4 Å². The molecular weight excluding hydrogens is 442 g/mol. The number of urea groups is 1. The average molecular weight is 478 g/mol. The Bertz CT molecular complexity index is 980. The van der Waals surface area contributed by atoms with Crippen molar-refractivity contribution in [2.75, 3.05) is 51.1 Å². The van der Waals surface area contributed by atoms with Crippen LogP contribution in [0.3, 0.4) is 0 Å². The van der Waals surface area contributed by atoms with E-state index in [0.717, 1.165) is 57.0 Å². The molecule has 5 rings (SSSR count). The lowest BCUT2D eigenvalue weighted by Gasteiger charge is -2.39. The van der Waals surface area contributed by atoms with E-state index in [4.69, 9.17) is 4.74 Å². The number of benzene rings is 1. The SMILES string of the molecule is O=C(CCN1CCCC1)N1CCC(Oc2ccc(NC(=O)N3CC(c4cccnc4)C3)cc2)CC1. The normalized spacial score (nSPS) is 19.4. The molecular formula is C27H35N5O3. The van der Waals surface area contributed by atoms with Gasteiger partial charge in [-0.2, -0.15) is 0 Å². The number of ether oxygens (including phenoxy) is 1. The molecule has 8 heteroatoms. The second-order valence-corrected chi connectivity index (χ2v) is 9.84. The van der Waals surface area contributed by atoms with Crippen molar-refractivity contribution in [3.05, 3.63) is 54.4 Å². The van der Waals surface area contributed by atoms with E-state index in [9.17, 15) is 9.59 Å². The van der Waals surface area contributed by atoms with Gasteiger partial charge in [-0.15, -0.1) is 0 Å². The molecule has 4 heterocycles. The maximum Gasteiger partial charge on any atom is 0.321 e. The van der Waals surface area contributed by atoms with Crippen LogP contribution < -0.4 is 10.1 Å². The van der Waals surface area contributed by atoms with E-state index in [1.807, 2.05) is 46.3 Å². The van der Waals surface area contributed by atoms with Crippen LogP contribution in [0, 0.1) is 0 Å². The van der Waals surface area contributed by atoms with Gasteiger partial charge in [0.1, 0.15) is 11.9 Å². The molecule has 186 valence electrons. The number of likely N-dealkylation sites (tertiary alicyclic amines) is 3. The first-order chi connectivity index (χ1) is 17.1. The molecule has 0 unspecified atom stereocenters. The predicted molar refractivity (Wildman–Crippen MR) is 135 cm³/mol. The highest BCUT2D eigenvalue weighted by molar-refractivity contribution is 5.90. The molecule has 3 saturated heterocycles. The zero-order chi connectivity index (χ0) is 24.0. The number of carbonyl (C=O) groups excluding carboxylic acids is 2. The maximum absolute atomic E-state index is 12.5. The number of hydrogen-bond donors (Lipinski definition) is 1. The Kier molecular flexibility index (Phi) is 7.47. The van der Waals surface area contributed by atoms with E-state index >= 15 is 0 Å². The van der Waals surface area contributed by atoms with Gasteiger partial charge in [0.05, 0.1) is 0 Å². The third-order valence-electron chi connectivity index (χ3n) is 7.37. The van der Waals surface area contributed by atoms with E-state index in [-0.39, 0.29) is 18.0 Å².